The molecule has 2 fully saturated rings. The van der Waals surface area contributed by atoms with Gasteiger partial charge in [0.1, 0.15) is 11.6 Å². The van der Waals surface area contributed by atoms with Gasteiger partial charge in [-0.05, 0) is 69.8 Å². The molecule has 2 aromatic rings. The van der Waals surface area contributed by atoms with Crippen LogP contribution in [-0.2, 0) is 4.79 Å². The molecule has 15 nitrogen and oxygen atoms in total. The molecule has 4 aliphatic rings. The van der Waals surface area contributed by atoms with Crippen LogP contribution in [0.1, 0.15) is 0 Å². The SMILES string of the molecule is CN1C(C(F)(F)F)C(Cl)=C(N=[N+]=[N-])N1CC(C(=O)C(CN1C(N=[N+]=[N-])=C(Cl)C(C(F)(F)F)N1C)N1CCN(c2ccc(Cl)cc2)CC1)N1CCN(c2ccc(Cl)cc2)CC1. The van der Waals surface area contributed by atoms with Crippen molar-refractivity contribution in [1.29, 1.82) is 0 Å². The summed E-state index contributed by atoms with van der Waals surface area (Å²) in [6.45, 7) is 1.40. The van der Waals surface area contributed by atoms with Crippen molar-refractivity contribution in [3.8, 4) is 0 Å². The van der Waals surface area contributed by atoms with Crippen LogP contribution in [0.4, 0.5) is 37.7 Å². The zero-order valence-corrected chi connectivity index (χ0v) is 35.0. The molecule has 4 heterocycles. The number of ketones is 1. The van der Waals surface area contributed by atoms with Gasteiger partial charge in [-0.1, -0.05) is 46.4 Å². The standard InChI is InChI=1S/C35H38Cl4F6N14O/c1-52-30(34(40,41)42)27(38)32(48-50-46)58(52)19-25(56-15-11-54(12-16-56)23-7-3-21(36)4-8-23)29(60)26(57-17-13-55(14-18-57)24-9-5-22(37)6-10-24)20-59-33(49-51-47)28(39)31(53(59)2)35(43,44)45/h3-10,25-26,30-31H,11-20H2,1-2H3. The minimum Gasteiger partial charge on any atom is -0.369 e. The van der Waals surface area contributed by atoms with Crippen molar-refractivity contribution in [3.05, 3.63) is 101 Å². The number of hydrogen-bond acceptors (Lipinski definition) is 11. The number of likely N-dealkylation sites (N-methyl/N-ethyl adjacent to an activating group) is 2. The second kappa shape index (κ2) is 18.5. The van der Waals surface area contributed by atoms with Gasteiger partial charge in [0, 0.05) is 97.7 Å². The van der Waals surface area contributed by atoms with E-state index >= 15 is 4.79 Å². The second-order valence-electron chi connectivity index (χ2n) is 14.4. The Morgan fingerprint density at radius 1 is 0.633 bits per heavy atom. The van der Waals surface area contributed by atoms with Gasteiger partial charge in [0.15, 0.2) is 17.9 Å². The van der Waals surface area contributed by atoms with Crippen LogP contribution in [0.5, 0.6) is 0 Å². The van der Waals surface area contributed by atoms with Crippen LogP contribution in [0.2, 0.25) is 10.0 Å². The molecule has 0 saturated carbocycles. The first-order valence-electron chi connectivity index (χ1n) is 18.4. The summed E-state index contributed by atoms with van der Waals surface area (Å²) in [6, 6.07) is 6.92. The van der Waals surface area contributed by atoms with E-state index in [1.54, 1.807) is 34.1 Å². The number of Topliss-reactive ketones (excluding diaryl/α,β-unsaturated/α-hetero) is 1. The van der Waals surface area contributed by atoms with E-state index in [4.69, 9.17) is 46.4 Å². The van der Waals surface area contributed by atoms with Crippen LogP contribution in [0, 0.1) is 0 Å². The van der Waals surface area contributed by atoms with E-state index in [0.29, 0.717) is 36.2 Å². The quantitative estimate of drug-likeness (QED) is 0.0901. The molecule has 4 aliphatic heterocycles. The Labute approximate surface area is 360 Å². The molecule has 60 heavy (non-hydrogen) atoms. The Hall–Kier alpha value is -4.01. The molecule has 0 spiro atoms. The molecule has 0 bridgehead atoms. The zero-order valence-electron chi connectivity index (χ0n) is 31.9. The monoisotopic (exact) mass is 924 g/mol. The minimum atomic E-state index is -4.91. The van der Waals surface area contributed by atoms with Gasteiger partial charge in [-0.15, -0.1) is 0 Å². The number of piperazine rings is 2. The largest absolute Gasteiger partial charge is 0.410 e. The molecule has 2 saturated heterocycles. The lowest BCUT2D eigenvalue weighted by Crippen LogP contribution is -2.64. The lowest BCUT2D eigenvalue weighted by Gasteiger charge is -2.46. The number of hydrazine groups is 2. The molecule has 4 unspecified atom stereocenters. The second-order valence-corrected chi connectivity index (χ2v) is 16.0. The molecule has 0 N–H and O–H groups in total. The maximum absolute atomic E-state index is 15.5. The summed E-state index contributed by atoms with van der Waals surface area (Å²) in [4.78, 5) is 28.6. The number of anilines is 2. The van der Waals surface area contributed by atoms with Crippen LogP contribution in [0.15, 0.2) is 80.5 Å². The van der Waals surface area contributed by atoms with Crippen LogP contribution in [0.25, 0.3) is 20.9 Å². The predicted molar refractivity (Wildman–Crippen MR) is 216 cm³/mol. The van der Waals surface area contributed by atoms with Gasteiger partial charge in [0.25, 0.3) is 0 Å². The first-order chi connectivity index (χ1) is 28.3. The maximum atomic E-state index is 15.5. The van der Waals surface area contributed by atoms with E-state index in [2.05, 4.69) is 20.1 Å². The number of azide groups is 2. The van der Waals surface area contributed by atoms with E-state index < -0.39 is 77.1 Å². The zero-order chi connectivity index (χ0) is 43.7. The number of halogens is 10. The molecule has 6 rings (SSSR count). The van der Waals surface area contributed by atoms with E-state index in [-0.39, 0.29) is 26.2 Å². The summed E-state index contributed by atoms with van der Waals surface area (Å²) in [5, 5.41) is 9.99. The van der Waals surface area contributed by atoms with Crippen molar-refractivity contribution in [2.24, 2.45) is 10.2 Å². The number of carbonyl (C=O) groups excluding carboxylic acids is 1. The first-order valence-corrected chi connectivity index (χ1v) is 19.9. The number of hydrogen-bond donors (Lipinski definition) is 0. The number of benzene rings is 2. The lowest BCUT2D eigenvalue weighted by molar-refractivity contribution is -0.190. The third-order valence-corrected chi connectivity index (χ3v) is 12.3. The number of carbonyl (C=O) groups is 1. The first kappa shape index (κ1) is 45.5. The minimum absolute atomic E-state index is 0.222. The third kappa shape index (κ3) is 9.55. The fourth-order valence-corrected chi connectivity index (χ4v) is 9.08. The molecule has 324 valence electrons. The summed E-state index contributed by atoms with van der Waals surface area (Å²) in [6.07, 6.45) is -9.82. The third-order valence-electron chi connectivity index (χ3n) is 11.0. The van der Waals surface area contributed by atoms with Gasteiger partial charge in [-0.2, -0.15) is 26.3 Å². The highest BCUT2D eigenvalue weighted by Gasteiger charge is 2.55. The summed E-state index contributed by atoms with van der Waals surface area (Å²) in [5.74, 6) is -1.68. The Bertz CT molecular complexity index is 1900. The van der Waals surface area contributed by atoms with Crippen LogP contribution < -0.4 is 9.80 Å². The molecule has 4 atom stereocenters. The topological polar surface area (TPSA) is 141 Å². The Kier molecular flexibility index (Phi) is 14.1. The summed E-state index contributed by atoms with van der Waals surface area (Å²) >= 11 is 24.7. The predicted octanol–water partition coefficient (Wildman–Crippen LogP) is 7.87. The average molecular weight is 927 g/mol. The van der Waals surface area contributed by atoms with E-state index in [1.807, 2.05) is 34.1 Å². The van der Waals surface area contributed by atoms with Gasteiger partial charge in [0.2, 0.25) is 0 Å². The van der Waals surface area contributed by atoms with Gasteiger partial charge in [-0.25, -0.2) is 10.0 Å². The number of nitrogens with zero attached hydrogens (tertiary/aromatic N) is 14. The molecule has 25 heteroatoms. The maximum Gasteiger partial charge on any atom is 0.410 e. The smallest absolute Gasteiger partial charge is 0.369 e. The molecular formula is C35H38Cl4F6N14O. The van der Waals surface area contributed by atoms with E-state index in [0.717, 1.165) is 45.5 Å². The van der Waals surface area contributed by atoms with Crippen molar-refractivity contribution in [2.75, 3.05) is 89.3 Å². The Balaban J connectivity index is 1.39. The van der Waals surface area contributed by atoms with E-state index in [1.165, 1.54) is 0 Å². The van der Waals surface area contributed by atoms with Gasteiger partial charge >= 0.3 is 12.4 Å². The lowest BCUT2D eigenvalue weighted by atomic mass is 9.99. The van der Waals surface area contributed by atoms with Crippen LogP contribution in [0.3, 0.4) is 0 Å². The van der Waals surface area contributed by atoms with Crippen molar-refractivity contribution < 1.29 is 31.1 Å². The summed E-state index contributed by atoms with van der Waals surface area (Å²) in [7, 11) is 2.20. The highest BCUT2D eigenvalue weighted by Crippen LogP contribution is 2.43. The molecule has 2 aromatic carbocycles. The van der Waals surface area contributed by atoms with Crippen LogP contribution >= 0.6 is 46.4 Å². The molecule has 0 aromatic heterocycles. The summed E-state index contributed by atoms with van der Waals surface area (Å²) in [5.41, 5.74) is 20.5. The van der Waals surface area contributed by atoms with Crippen LogP contribution in [-0.4, -0.2) is 152 Å². The number of rotatable bonds is 12. The van der Waals surface area contributed by atoms with Crippen molar-refractivity contribution in [1.82, 2.24) is 29.8 Å². The fraction of sp³-hybridized carbons (Fsp3) is 0.514. The highest BCUT2D eigenvalue weighted by atomic mass is 35.5. The molecule has 0 aliphatic carbocycles. The molecule has 0 amide bonds. The van der Waals surface area contributed by atoms with Gasteiger partial charge < -0.3 is 9.80 Å². The molecule has 0 radical (unpaired) electrons. The van der Waals surface area contributed by atoms with Crippen molar-refractivity contribution in [3.63, 3.8) is 0 Å². The van der Waals surface area contributed by atoms with Crippen molar-refractivity contribution in [2.45, 2.75) is 36.5 Å². The fourth-order valence-electron chi connectivity index (χ4n) is 8.03. The van der Waals surface area contributed by atoms with Gasteiger partial charge in [0.05, 0.1) is 35.2 Å². The van der Waals surface area contributed by atoms with Crippen molar-refractivity contribution >= 4 is 63.6 Å². The normalized spacial score (nSPS) is 22.7. The average Bonchev–Trinajstić information content (AvgIpc) is 3.58. The Morgan fingerprint density at radius 3 is 1.23 bits per heavy atom. The molecular weight excluding hydrogens is 888 g/mol. The highest BCUT2D eigenvalue weighted by molar-refractivity contribution is 6.31. The number of alkyl halides is 6. The van der Waals surface area contributed by atoms with E-state index in [9.17, 15) is 37.4 Å². The van der Waals surface area contributed by atoms with Gasteiger partial charge in [-0.3, -0.25) is 24.6 Å². The Morgan fingerprint density at radius 2 is 0.950 bits per heavy atom. The summed E-state index contributed by atoms with van der Waals surface area (Å²) < 4.78 is 86.5.